The van der Waals surface area contributed by atoms with E-state index in [2.05, 4.69) is 27.3 Å². The van der Waals surface area contributed by atoms with E-state index in [-0.39, 0.29) is 0 Å². The Bertz CT molecular complexity index is 127. The molecule has 0 radical (unpaired) electrons. The molecule has 0 aromatic rings. The summed E-state index contributed by atoms with van der Waals surface area (Å²) in [6.07, 6.45) is 3.87. The van der Waals surface area contributed by atoms with Crippen molar-refractivity contribution in [2.45, 2.75) is 13.8 Å². The maximum absolute atomic E-state index is 4.83. The summed E-state index contributed by atoms with van der Waals surface area (Å²) in [6, 6.07) is 0. The summed E-state index contributed by atoms with van der Waals surface area (Å²) in [5.41, 5.74) is 0. The Balaban J connectivity index is 0. The second-order valence-electron chi connectivity index (χ2n) is 3.66. The highest BCUT2D eigenvalue weighted by Gasteiger charge is 2.07. The van der Waals surface area contributed by atoms with Gasteiger partial charge in [0, 0.05) is 13.2 Å². The average molecular weight is 200 g/mol. The summed E-state index contributed by atoms with van der Waals surface area (Å²) in [4.78, 5) is 0. The number of hydrogen-bond acceptors (Lipinski definition) is 1. The first-order valence-corrected chi connectivity index (χ1v) is 5.15. The van der Waals surface area contributed by atoms with E-state index in [0.29, 0.717) is 0 Å². The zero-order valence-corrected chi connectivity index (χ0v) is 10.3. The van der Waals surface area contributed by atoms with Gasteiger partial charge in [0.1, 0.15) is 0 Å². The Morgan fingerprint density at radius 3 is 1.50 bits per heavy atom. The van der Waals surface area contributed by atoms with Crippen LogP contribution in [0.2, 0.25) is 0 Å². The summed E-state index contributed by atoms with van der Waals surface area (Å²) < 4.78 is 5.78. The first kappa shape index (κ1) is 15.9. The molecule has 0 bridgehead atoms. The summed E-state index contributed by atoms with van der Waals surface area (Å²) in [5.74, 6) is 0. The molecule has 0 atom stereocenters. The van der Waals surface area contributed by atoms with Gasteiger partial charge in [-0.05, 0) is 26.0 Å². The average Bonchev–Trinajstić information content (AvgIpc) is 2.06. The predicted octanol–water partition coefficient (Wildman–Crippen LogP) is 2.48. The molecule has 0 heterocycles. The molecular formula is C12H26NO+. The van der Waals surface area contributed by atoms with Crippen molar-refractivity contribution in [3.63, 3.8) is 0 Å². The number of hydrogen-bond donors (Lipinski definition) is 0. The van der Waals surface area contributed by atoms with Gasteiger partial charge in [-0.1, -0.05) is 13.2 Å². The molecule has 2 nitrogen and oxygen atoms in total. The van der Waals surface area contributed by atoms with Gasteiger partial charge in [0.05, 0.1) is 27.2 Å². The smallest absolute Gasteiger partial charge is 0.0969 e. The molecule has 0 aromatic carbocycles. The van der Waals surface area contributed by atoms with E-state index < -0.39 is 0 Å². The van der Waals surface area contributed by atoms with Crippen molar-refractivity contribution < 1.29 is 9.22 Å². The first-order chi connectivity index (χ1) is 6.54. The van der Waals surface area contributed by atoms with Crippen LogP contribution in [0.5, 0.6) is 0 Å². The van der Waals surface area contributed by atoms with Crippen molar-refractivity contribution in [2.24, 2.45) is 0 Å². The van der Waals surface area contributed by atoms with Gasteiger partial charge in [0.15, 0.2) is 0 Å². The monoisotopic (exact) mass is 200 g/mol. The van der Waals surface area contributed by atoms with Crippen molar-refractivity contribution in [3.05, 3.63) is 25.3 Å². The Kier molecular flexibility index (Phi) is 11.9. The molecule has 2 heteroatoms. The van der Waals surface area contributed by atoms with Gasteiger partial charge < -0.3 is 9.22 Å². The SMILES string of the molecule is C=CC[N+](C)(C)CC=C.CCOCC. The molecule has 84 valence electrons. The zero-order valence-electron chi connectivity index (χ0n) is 10.3. The van der Waals surface area contributed by atoms with Crippen LogP contribution < -0.4 is 0 Å². The fourth-order valence-corrected chi connectivity index (χ4v) is 0.978. The highest BCUT2D eigenvalue weighted by molar-refractivity contribution is 4.69. The van der Waals surface area contributed by atoms with E-state index in [1.807, 2.05) is 26.0 Å². The summed E-state index contributed by atoms with van der Waals surface area (Å²) >= 11 is 0. The van der Waals surface area contributed by atoms with Gasteiger partial charge >= 0.3 is 0 Å². The van der Waals surface area contributed by atoms with Crippen LogP contribution in [0.15, 0.2) is 25.3 Å². The molecule has 0 aliphatic carbocycles. The van der Waals surface area contributed by atoms with Crippen molar-refractivity contribution in [2.75, 3.05) is 40.4 Å². The van der Waals surface area contributed by atoms with Crippen LogP contribution in [0.3, 0.4) is 0 Å². The van der Waals surface area contributed by atoms with Gasteiger partial charge in [-0.2, -0.15) is 0 Å². The van der Waals surface area contributed by atoms with Crippen LogP contribution in [-0.4, -0.2) is 44.9 Å². The minimum Gasteiger partial charge on any atom is -0.382 e. The summed E-state index contributed by atoms with van der Waals surface area (Å²) in [5, 5.41) is 0. The quantitative estimate of drug-likeness (QED) is 0.473. The molecule has 0 aliphatic rings. The highest BCUT2D eigenvalue weighted by Crippen LogP contribution is 1.95. The molecule has 0 N–H and O–H groups in total. The van der Waals surface area contributed by atoms with Gasteiger partial charge in [0.25, 0.3) is 0 Å². The molecule has 0 aromatic heterocycles. The highest BCUT2D eigenvalue weighted by atomic mass is 16.5. The normalized spacial score (nSPS) is 10.0. The molecule has 0 saturated heterocycles. The van der Waals surface area contributed by atoms with Crippen LogP contribution in [0.4, 0.5) is 0 Å². The molecule has 0 spiro atoms. The molecular weight excluding hydrogens is 174 g/mol. The molecule has 0 amide bonds. The van der Waals surface area contributed by atoms with E-state index in [9.17, 15) is 0 Å². The van der Waals surface area contributed by atoms with E-state index in [0.717, 1.165) is 30.8 Å². The van der Waals surface area contributed by atoms with Gasteiger partial charge in [-0.15, -0.1) is 0 Å². The second-order valence-corrected chi connectivity index (χ2v) is 3.66. The van der Waals surface area contributed by atoms with Crippen molar-refractivity contribution in [1.82, 2.24) is 0 Å². The molecule has 0 saturated carbocycles. The Morgan fingerprint density at radius 1 is 1.00 bits per heavy atom. The lowest BCUT2D eigenvalue weighted by atomic mass is 10.4. The summed E-state index contributed by atoms with van der Waals surface area (Å²) in [7, 11) is 4.31. The number of quaternary nitrogens is 1. The largest absolute Gasteiger partial charge is 0.382 e. The lowest BCUT2D eigenvalue weighted by molar-refractivity contribution is -0.878. The first-order valence-electron chi connectivity index (χ1n) is 5.15. The Labute approximate surface area is 89.5 Å². The zero-order chi connectivity index (χ0) is 11.4. The fourth-order valence-electron chi connectivity index (χ4n) is 0.978. The number of ether oxygens (including phenoxy) is 1. The van der Waals surface area contributed by atoms with Crippen molar-refractivity contribution in [1.29, 1.82) is 0 Å². The fraction of sp³-hybridized carbons (Fsp3) is 0.667. The summed E-state index contributed by atoms with van der Waals surface area (Å²) in [6.45, 7) is 15.0. The van der Waals surface area contributed by atoms with Crippen LogP contribution in [0.1, 0.15) is 13.8 Å². The Morgan fingerprint density at radius 2 is 1.36 bits per heavy atom. The minimum atomic E-state index is 0.844. The standard InChI is InChI=1S/C8H16N.C4H10O/c1-5-7-9(3,4)8-6-2;1-3-5-4-2/h5-6H,1-2,7-8H2,3-4H3;3-4H2,1-2H3/q+1;. The lowest BCUT2D eigenvalue weighted by Gasteiger charge is -2.26. The molecule has 0 unspecified atom stereocenters. The van der Waals surface area contributed by atoms with Crippen LogP contribution in [0, 0.1) is 0 Å². The maximum atomic E-state index is 4.83. The third-order valence-corrected chi connectivity index (χ3v) is 1.65. The van der Waals surface area contributed by atoms with Crippen LogP contribution in [-0.2, 0) is 4.74 Å². The van der Waals surface area contributed by atoms with Crippen LogP contribution >= 0.6 is 0 Å². The lowest BCUT2D eigenvalue weighted by Crippen LogP contribution is -2.39. The Hall–Kier alpha value is -0.600. The van der Waals surface area contributed by atoms with E-state index in [1.54, 1.807) is 0 Å². The van der Waals surface area contributed by atoms with E-state index in [1.165, 1.54) is 0 Å². The van der Waals surface area contributed by atoms with Crippen molar-refractivity contribution >= 4 is 0 Å². The van der Waals surface area contributed by atoms with E-state index in [4.69, 9.17) is 4.74 Å². The second kappa shape index (κ2) is 10.5. The molecule has 14 heavy (non-hydrogen) atoms. The van der Waals surface area contributed by atoms with Gasteiger partial charge in [-0.3, -0.25) is 0 Å². The molecule has 0 fully saturated rings. The minimum absolute atomic E-state index is 0.844. The third kappa shape index (κ3) is 14.0. The van der Waals surface area contributed by atoms with Gasteiger partial charge in [0.2, 0.25) is 0 Å². The molecule has 0 rings (SSSR count). The van der Waals surface area contributed by atoms with E-state index >= 15 is 0 Å². The van der Waals surface area contributed by atoms with Gasteiger partial charge in [-0.25, -0.2) is 0 Å². The van der Waals surface area contributed by atoms with Crippen molar-refractivity contribution in [3.8, 4) is 0 Å². The maximum Gasteiger partial charge on any atom is 0.0969 e. The number of nitrogens with zero attached hydrogens (tertiary/aromatic N) is 1. The van der Waals surface area contributed by atoms with Crippen LogP contribution in [0.25, 0.3) is 0 Å². The number of rotatable bonds is 6. The number of likely N-dealkylation sites (N-methyl/N-ethyl adjacent to an activating group) is 1. The molecule has 0 aliphatic heterocycles. The predicted molar refractivity (Wildman–Crippen MR) is 64.4 cm³/mol. The third-order valence-electron chi connectivity index (χ3n) is 1.65. The topological polar surface area (TPSA) is 9.23 Å².